The summed E-state index contributed by atoms with van der Waals surface area (Å²) in [5.74, 6) is -1.56. The van der Waals surface area contributed by atoms with Crippen LogP contribution in [-0.4, -0.2) is 64.7 Å². The van der Waals surface area contributed by atoms with Gasteiger partial charge in [-0.2, -0.15) is 0 Å². The highest BCUT2D eigenvalue weighted by Crippen LogP contribution is 2.22. The number of nitrogens with zero attached hydrogens (tertiary/aromatic N) is 2. The molecular formula is C14H19N3O4. The number of carbonyl (C=O) groups excluding carboxylic acids is 1. The second-order valence-electron chi connectivity index (χ2n) is 5.27. The number of aromatic hydroxyl groups is 1. The van der Waals surface area contributed by atoms with E-state index in [0.717, 1.165) is 13.1 Å². The summed E-state index contributed by atoms with van der Waals surface area (Å²) in [6.07, 6.45) is 0. The molecule has 0 saturated carbocycles. The predicted octanol–water partition coefficient (Wildman–Crippen LogP) is 1.26. The Kier molecular flexibility index (Phi) is 4.32. The first-order chi connectivity index (χ1) is 9.88. The predicted molar refractivity (Wildman–Crippen MR) is 77.7 cm³/mol. The van der Waals surface area contributed by atoms with Crippen molar-refractivity contribution in [1.82, 2.24) is 9.80 Å². The molecule has 7 heteroatoms. The second kappa shape index (κ2) is 6.01. The van der Waals surface area contributed by atoms with Crippen LogP contribution in [0, 0.1) is 0 Å². The number of carbonyl (C=O) groups is 2. The van der Waals surface area contributed by atoms with Gasteiger partial charge in [0.1, 0.15) is 11.3 Å². The first kappa shape index (κ1) is 15.1. The summed E-state index contributed by atoms with van der Waals surface area (Å²) < 4.78 is 0. The molecule has 114 valence electrons. The van der Waals surface area contributed by atoms with Crippen LogP contribution in [0.2, 0.25) is 0 Å². The van der Waals surface area contributed by atoms with E-state index in [4.69, 9.17) is 5.11 Å². The summed E-state index contributed by atoms with van der Waals surface area (Å²) in [7, 11) is 2.00. The number of aromatic carboxylic acids is 1. The Morgan fingerprint density at radius 3 is 2.67 bits per heavy atom. The number of likely N-dealkylation sites (N-methyl/N-ethyl adjacent to an activating group) is 1. The minimum absolute atomic E-state index is 0.0832. The van der Waals surface area contributed by atoms with Crippen molar-refractivity contribution in [1.29, 1.82) is 0 Å². The fraction of sp³-hybridized carbons (Fsp3) is 0.429. The maximum atomic E-state index is 12.2. The molecule has 0 aliphatic carbocycles. The highest BCUT2D eigenvalue weighted by molar-refractivity contribution is 5.95. The lowest BCUT2D eigenvalue weighted by atomic mass is 10.1. The Bertz CT molecular complexity index is 561. The van der Waals surface area contributed by atoms with Crippen LogP contribution >= 0.6 is 0 Å². The van der Waals surface area contributed by atoms with Crippen LogP contribution in [0.25, 0.3) is 0 Å². The van der Waals surface area contributed by atoms with Crippen LogP contribution < -0.4 is 5.32 Å². The van der Waals surface area contributed by atoms with E-state index in [2.05, 4.69) is 10.2 Å². The van der Waals surface area contributed by atoms with E-state index in [1.807, 2.05) is 14.0 Å². The third-order valence-corrected chi connectivity index (χ3v) is 3.57. The molecule has 1 heterocycles. The highest BCUT2D eigenvalue weighted by Gasteiger charge is 2.25. The lowest BCUT2D eigenvalue weighted by Crippen LogP contribution is -2.53. The van der Waals surface area contributed by atoms with Crippen molar-refractivity contribution in [2.45, 2.75) is 13.0 Å². The highest BCUT2D eigenvalue weighted by atomic mass is 16.4. The van der Waals surface area contributed by atoms with Gasteiger partial charge in [-0.05, 0) is 32.2 Å². The molecule has 0 bridgehead atoms. The van der Waals surface area contributed by atoms with Crippen molar-refractivity contribution < 1.29 is 19.8 Å². The molecule has 3 N–H and O–H groups in total. The quantitative estimate of drug-likeness (QED) is 0.714. The molecule has 7 nitrogen and oxygen atoms in total. The minimum Gasteiger partial charge on any atom is -0.507 e. The Hall–Kier alpha value is -2.28. The first-order valence-corrected chi connectivity index (χ1v) is 6.71. The number of amides is 2. The van der Waals surface area contributed by atoms with Gasteiger partial charge in [0.15, 0.2) is 0 Å². The Balaban J connectivity index is 2.09. The molecule has 1 aliphatic heterocycles. The molecule has 1 atom stereocenters. The van der Waals surface area contributed by atoms with E-state index in [1.54, 1.807) is 4.90 Å². The van der Waals surface area contributed by atoms with Crippen molar-refractivity contribution in [3.05, 3.63) is 23.8 Å². The van der Waals surface area contributed by atoms with Gasteiger partial charge in [0.25, 0.3) is 0 Å². The smallest absolute Gasteiger partial charge is 0.339 e. The van der Waals surface area contributed by atoms with Gasteiger partial charge < -0.3 is 25.3 Å². The number of hydrogen-bond acceptors (Lipinski definition) is 4. The summed E-state index contributed by atoms with van der Waals surface area (Å²) >= 11 is 0. The standard InChI is InChI=1S/C14H19N3O4/c1-9-8-16(2)5-6-17(9)14(21)15-10-3-4-12(18)11(7-10)13(19)20/h3-4,7,9,18H,5-6,8H2,1-2H3,(H,15,21)(H,19,20). The van der Waals surface area contributed by atoms with Crippen LogP contribution in [-0.2, 0) is 0 Å². The van der Waals surface area contributed by atoms with Gasteiger partial charge in [0, 0.05) is 31.4 Å². The number of anilines is 1. The zero-order valence-electron chi connectivity index (χ0n) is 12.0. The summed E-state index contributed by atoms with van der Waals surface area (Å²) in [6, 6.07) is 3.79. The lowest BCUT2D eigenvalue weighted by molar-refractivity contribution is 0.0693. The lowest BCUT2D eigenvalue weighted by Gasteiger charge is -2.38. The number of rotatable bonds is 2. The van der Waals surface area contributed by atoms with Crippen molar-refractivity contribution in [2.24, 2.45) is 0 Å². The number of urea groups is 1. The molecule has 1 saturated heterocycles. The van der Waals surface area contributed by atoms with Gasteiger partial charge in [-0.3, -0.25) is 0 Å². The Morgan fingerprint density at radius 2 is 2.05 bits per heavy atom. The Labute approximate surface area is 122 Å². The molecule has 1 unspecified atom stereocenters. The molecule has 1 aromatic rings. The summed E-state index contributed by atoms with van der Waals surface area (Å²) in [6.45, 7) is 4.18. The normalized spacial score (nSPS) is 19.3. The van der Waals surface area contributed by atoms with Gasteiger partial charge >= 0.3 is 12.0 Å². The zero-order valence-corrected chi connectivity index (χ0v) is 12.0. The number of carboxylic acid groups (broad SMARTS) is 1. The average molecular weight is 293 g/mol. The topological polar surface area (TPSA) is 93.1 Å². The fourth-order valence-electron chi connectivity index (χ4n) is 2.42. The van der Waals surface area contributed by atoms with Crippen LogP contribution in [0.4, 0.5) is 10.5 Å². The Morgan fingerprint density at radius 1 is 1.33 bits per heavy atom. The number of hydrogen-bond donors (Lipinski definition) is 3. The van der Waals surface area contributed by atoms with Gasteiger partial charge in [-0.15, -0.1) is 0 Å². The number of carboxylic acids is 1. The molecule has 1 aliphatic rings. The van der Waals surface area contributed by atoms with Crippen LogP contribution in [0.1, 0.15) is 17.3 Å². The first-order valence-electron chi connectivity index (χ1n) is 6.71. The molecule has 0 aromatic heterocycles. The van der Waals surface area contributed by atoms with E-state index < -0.39 is 5.97 Å². The number of phenols is 1. The van der Waals surface area contributed by atoms with E-state index in [-0.39, 0.29) is 23.4 Å². The van der Waals surface area contributed by atoms with Crippen molar-refractivity contribution in [3.8, 4) is 5.75 Å². The summed E-state index contributed by atoms with van der Waals surface area (Å²) in [5.41, 5.74) is 0.112. The maximum absolute atomic E-state index is 12.2. The van der Waals surface area contributed by atoms with Crippen LogP contribution in [0.3, 0.4) is 0 Å². The third-order valence-electron chi connectivity index (χ3n) is 3.57. The van der Waals surface area contributed by atoms with E-state index in [1.165, 1.54) is 18.2 Å². The summed E-state index contributed by atoms with van der Waals surface area (Å²) in [5, 5.41) is 21.1. The fourth-order valence-corrected chi connectivity index (χ4v) is 2.42. The van der Waals surface area contributed by atoms with Crippen LogP contribution in [0.5, 0.6) is 5.75 Å². The SMILES string of the molecule is CC1CN(C)CCN1C(=O)Nc1ccc(O)c(C(=O)O)c1. The number of nitrogens with one attached hydrogen (secondary N) is 1. The zero-order chi connectivity index (χ0) is 15.6. The van der Waals surface area contributed by atoms with Crippen molar-refractivity contribution >= 4 is 17.7 Å². The molecule has 2 rings (SSSR count). The molecule has 1 aromatic carbocycles. The monoisotopic (exact) mass is 293 g/mol. The molecule has 0 spiro atoms. The molecule has 21 heavy (non-hydrogen) atoms. The minimum atomic E-state index is -1.24. The molecular weight excluding hydrogens is 274 g/mol. The van der Waals surface area contributed by atoms with Gasteiger partial charge in [0.2, 0.25) is 0 Å². The summed E-state index contributed by atoms with van der Waals surface area (Å²) in [4.78, 5) is 27.1. The van der Waals surface area contributed by atoms with Crippen LogP contribution in [0.15, 0.2) is 18.2 Å². The molecule has 1 fully saturated rings. The van der Waals surface area contributed by atoms with E-state index >= 15 is 0 Å². The van der Waals surface area contributed by atoms with Gasteiger partial charge in [-0.1, -0.05) is 0 Å². The largest absolute Gasteiger partial charge is 0.507 e. The number of piperazine rings is 1. The maximum Gasteiger partial charge on any atom is 0.339 e. The third kappa shape index (κ3) is 3.43. The van der Waals surface area contributed by atoms with Crippen molar-refractivity contribution in [3.63, 3.8) is 0 Å². The van der Waals surface area contributed by atoms with E-state index in [0.29, 0.717) is 12.2 Å². The van der Waals surface area contributed by atoms with Gasteiger partial charge in [-0.25, -0.2) is 9.59 Å². The van der Waals surface area contributed by atoms with Gasteiger partial charge in [0.05, 0.1) is 0 Å². The van der Waals surface area contributed by atoms with E-state index in [9.17, 15) is 14.7 Å². The molecule has 0 radical (unpaired) electrons. The number of benzene rings is 1. The van der Waals surface area contributed by atoms with Crippen molar-refractivity contribution in [2.75, 3.05) is 32.0 Å². The second-order valence-corrected chi connectivity index (χ2v) is 5.27. The molecule has 2 amide bonds. The average Bonchev–Trinajstić information content (AvgIpc) is 2.40.